The van der Waals surface area contributed by atoms with Crippen LogP contribution in [-0.2, 0) is 28.8 Å². The third-order valence-corrected chi connectivity index (χ3v) is 7.21. The molecule has 0 radical (unpaired) electrons. The third kappa shape index (κ3) is 14.9. The summed E-state index contributed by atoms with van der Waals surface area (Å²) in [6.45, 7) is 8.10. The summed E-state index contributed by atoms with van der Waals surface area (Å²) < 4.78 is 0. The fourth-order valence-corrected chi connectivity index (χ4v) is 4.08. The summed E-state index contributed by atoms with van der Waals surface area (Å²) in [5.74, 6) is -5.20. The Hall–Kier alpha value is -2.95. The second-order valence-electron chi connectivity index (χ2n) is 11.0. The summed E-state index contributed by atoms with van der Waals surface area (Å²) in [6.07, 6.45) is 1.94. The number of hydrogen-bond acceptors (Lipinski definition) is 10. The molecule has 0 rings (SSSR count). The molecule has 11 N–H and O–H groups in total. The van der Waals surface area contributed by atoms with Crippen molar-refractivity contribution in [1.29, 1.82) is 0 Å². The highest BCUT2D eigenvalue weighted by Gasteiger charge is 2.32. The molecule has 7 atom stereocenters. The van der Waals surface area contributed by atoms with Crippen LogP contribution in [0, 0.1) is 11.8 Å². The quantitative estimate of drug-likeness (QED) is 0.0490. The Morgan fingerprint density at radius 3 is 1.72 bits per heavy atom. The van der Waals surface area contributed by atoms with E-state index in [0.717, 1.165) is 0 Å². The molecular formula is C27H51N7O8S. The van der Waals surface area contributed by atoms with Crippen LogP contribution in [0.5, 0.6) is 0 Å². The number of carbonyl (C=O) groups is 6. The van der Waals surface area contributed by atoms with Crippen molar-refractivity contribution in [2.75, 3.05) is 18.9 Å². The molecule has 0 unspecified atom stereocenters. The minimum atomic E-state index is -1.48. The first-order valence-electron chi connectivity index (χ1n) is 14.5. The van der Waals surface area contributed by atoms with E-state index in [1.165, 1.54) is 6.92 Å². The predicted molar refractivity (Wildman–Crippen MR) is 164 cm³/mol. The molecule has 0 aliphatic carbocycles. The van der Waals surface area contributed by atoms with Crippen LogP contribution in [-0.4, -0.2) is 101 Å². The van der Waals surface area contributed by atoms with E-state index in [2.05, 4.69) is 39.2 Å². The molecule has 0 aromatic carbocycles. The average molecular weight is 634 g/mol. The van der Waals surface area contributed by atoms with E-state index in [1.54, 1.807) is 6.92 Å². The number of amides is 5. The number of carboxylic acid groups (broad SMARTS) is 1. The van der Waals surface area contributed by atoms with Crippen molar-refractivity contribution in [2.45, 2.75) is 103 Å². The molecule has 0 heterocycles. The van der Waals surface area contributed by atoms with Gasteiger partial charge in [-0.15, -0.1) is 0 Å². The Morgan fingerprint density at radius 2 is 1.23 bits per heavy atom. The standard InChI is InChI=1S/C27H51N7O8S/c1-6-15(4)21(29)26(40)34-20(13-43)25(39)33-19(12-35)24(38)31-17(9-7-8-10-28)22(36)32-18(11-14(2)3)23(37)30-16(5)27(41)42/h14-21,35,43H,6-13,28-29H2,1-5H3,(H,30,37)(H,31,38)(H,32,36)(H,33,39)(H,34,40)(H,41,42)/t15-,16-,17-,18-,19-,20-,21-/m0/s1. The zero-order valence-corrected chi connectivity index (χ0v) is 26.6. The van der Waals surface area contributed by atoms with E-state index in [4.69, 9.17) is 16.6 Å². The number of hydrogen-bond donors (Lipinski definition) is 10. The van der Waals surface area contributed by atoms with Crippen LogP contribution in [0.15, 0.2) is 0 Å². The van der Waals surface area contributed by atoms with Gasteiger partial charge in [-0.1, -0.05) is 34.1 Å². The molecule has 0 saturated carbocycles. The first-order valence-corrected chi connectivity index (χ1v) is 15.2. The average Bonchev–Trinajstić information content (AvgIpc) is 2.95. The number of carboxylic acids is 1. The number of aliphatic carboxylic acids is 1. The Morgan fingerprint density at radius 1 is 0.744 bits per heavy atom. The molecule has 0 aliphatic heterocycles. The van der Waals surface area contributed by atoms with Crippen LogP contribution in [0.2, 0.25) is 0 Å². The first-order chi connectivity index (χ1) is 20.1. The summed E-state index contributed by atoms with van der Waals surface area (Å²) in [5, 5.41) is 31.3. The molecule has 0 aromatic rings. The van der Waals surface area contributed by atoms with Gasteiger partial charge in [-0.2, -0.15) is 12.6 Å². The lowest BCUT2D eigenvalue weighted by Gasteiger charge is -2.27. The van der Waals surface area contributed by atoms with Crippen molar-refractivity contribution < 1.29 is 39.0 Å². The lowest BCUT2D eigenvalue weighted by atomic mass is 9.99. The summed E-state index contributed by atoms with van der Waals surface area (Å²) >= 11 is 4.10. The predicted octanol–water partition coefficient (Wildman–Crippen LogP) is -2.01. The minimum Gasteiger partial charge on any atom is -0.480 e. The van der Waals surface area contributed by atoms with Crippen molar-refractivity contribution in [3.63, 3.8) is 0 Å². The maximum atomic E-state index is 13.3. The Balaban J connectivity index is 5.69. The molecule has 0 saturated heterocycles. The van der Waals surface area contributed by atoms with Crippen molar-refractivity contribution >= 4 is 48.1 Å². The monoisotopic (exact) mass is 633 g/mol. The van der Waals surface area contributed by atoms with E-state index in [9.17, 15) is 33.9 Å². The van der Waals surface area contributed by atoms with Crippen LogP contribution in [0.4, 0.5) is 0 Å². The van der Waals surface area contributed by atoms with Crippen LogP contribution in [0.1, 0.15) is 66.7 Å². The normalized spacial score (nSPS) is 16.0. The largest absolute Gasteiger partial charge is 0.480 e. The maximum absolute atomic E-state index is 13.3. The van der Waals surface area contributed by atoms with Crippen molar-refractivity contribution in [3.8, 4) is 0 Å². The minimum absolute atomic E-state index is 0.0459. The van der Waals surface area contributed by atoms with Gasteiger partial charge in [-0.05, 0) is 51.0 Å². The smallest absolute Gasteiger partial charge is 0.325 e. The fraction of sp³-hybridized carbons (Fsp3) is 0.778. The van der Waals surface area contributed by atoms with Gasteiger partial charge in [0.05, 0.1) is 12.6 Å². The Labute approximate surface area is 258 Å². The van der Waals surface area contributed by atoms with E-state index in [-0.39, 0.29) is 30.4 Å². The van der Waals surface area contributed by atoms with E-state index < -0.39 is 78.4 Å². The second kappa shape index (κ2) is 20.9. The molecule has 43 heavy (non-hydrogen) atoms. The lowest BCUT2D eigenvalue weighted by molar-refractivity contribution is -0.142. The van der Waals surface area contributed by atoms with Gasteiger partial charge in [0.25, 0.3) is 0 Å². The van der Waals surface area contributed by atoms with Gasteiger partial charge in [0, 0.05) is 5.75 Å². The van der Waals surface area contributed by atoms with Crippen molar-refractivity contribution in [2.24, 2.45) is 23.3 Å². The lowest BCUT2D eigenvalue weighted by Crippen LogP contribution is -2.60. The van der Waals surface area contributed by atoms with Gasteiger partial charge in [0.1, 0.15) is 30.2 Å². The first kappa shape index (κ1) is 40.1. The van der Waals surface area contributed by atoms with Crippen LogP contribution in [0.25, 0.3) is 0 Å². The number of carbonyl (C=O) groups excluding carboxylic acids is 5. The van der Waals surface area contributed by atoms with Crippen LogP contribution in [0.3, 0.4) is 0 Å². The molecule has 16 heteroatoms. The molecule has 5 amide bonds. The third-order valence-electron chi connectivity index (χ3n) is 6.84. The molecule has 0 aromatic heterocycles. The number of aliphatic hydroxyl groups is 1. The van der Waals surface area contributed by atoms with Crippen LogP contribution < -0.4 is 38.1 Å². The maximum Gasteiger partial charge on any atom is 0.325 e. The molecule has 15 nitrogen and oxygen atoms in total. The Bertz CT molecular complexity index is 939. The van der Waals surface area contributed by atoms with E-state index in [1.807, 2.05) is 20.8 Å². The number of nitrogens with two attached hydrogens (primary N) is 2. The zero-order chi connectivity index (χ0) is 33.3. The molecule has 0 fully saturated rings. The Kier molecular flexibility index (Phi) is 19.4. The number of nitrogens with one attached hydrogen (secondary N) is 5. The van der Waals surface area contributed by atoms with Gasteiger partial charge in [-0.3, -0.25) is 28.8 Å². The second-order valence-corrected chi connectivity index (χ2v) is 11.4. The molecule has 0 bridgehead atoms. The molecule has 0 aliphatic rings. The summed E-state index contributed by atoms with van der Waals surface area (Å²) in [7, 11) is 0. The SMILES string of the molecule is CC[C@H](C)[C@H](N)C(=O)N[C@@H](CS)C(=O)N[C@@H](CO)C(=O)N[C@@H](CCCCN)C(=O)N[C@@H](CC(C)C)C(=O)N[C@@H](C)C(=O)O. The summed E-state index contributed by atoms with van der Waals surface area (Å²) in [4.78, 5) is 75.6. The van der Waals surface area contributed by atoms with Gasteiger partial charge in [0.2, 0.25) is 29.5 Å². The topological polar surface area (TPSA) is 255 Å². The van der Waals surface area contributed by atoms with E-state index >= 15 is 0 Å². The van der Waals surface area contributed by atoms with E-state index in [0.29, 0.717) is 25.8 Å². The van der Waals surface area contributed by atoms with Gasteiger partial charge < -0.3 is 48.3 Å². The number of rotatable bonds is 21. The van der Waals surface area contributed by atoms with Gasteiger partial charge in [-0.25, -0.2) is 0 Å². The van der Waals surface area contributed by atoms with Gasteiger partial charge >= 0.3 is 5.97 Å². The van der Waals surface area contributed by atoms with Crippen molar-refractivity contribution in [1.82, 2.24) is 26.6 Å². The van der Waals surface area contributed by atoms with Gasteiger partial charge in [0.15, 0.2) is 0 Å². The molecular weight excluding hydrogens is 582 g/mol. The highest BCUT2D eigenvalue weighted by atomic mass is 32.1. The number of unbranched alkanes of at least 4 members (excludes halogenated alkanes) is 1. The zero-order valence-electron chi connectivity index (χ0n) is 25.7. The van der Waals surface area contributed by atoms with Crippen LogP contribution >= 0.6 is 12.6 Å². The summed E-state index contributed by atoms with van der Waals surface area (Å²) in [6, 6.07) is -6.94. The highest BCUT2D eigenvalue weighted by Crippen LogP contribution is 2.09. The molecule has 0 spiro atoms. The van der Waals surface area contributed by atoms with Crippen molar-refractivity contribution in [3.05, 3.63) is 0 Å². The summed E-state index contributed by atoms with van der Waals surface area (Å²) in [5.41, 5.74) is 11.5. The number of aliphatic hydroxyl groups excluding tert-OH is 1. The fourth-order valence-electron chi connectivity index (χ4n) is 3.83. The molecule has 248 valence electrons. The highest BCUT2D eigenvalue weighted by molar-refractivity contribution is 7.80. The number of thiol groups is 1.